The molecule has 19 heavy (non-hydrogen) atoms. The minimum Gasteiger partial charge on any atom is -0.382 e. The number of likely N-dealkylation sites (N-methyl/N-ethyl adjacent to an activating group) is 1. The lowest BCUT2D eigenvalue weighted by atomic mass is 9.99. The molecule has 0 spiro atoms. The van der Waals surface area contributed by atoms with Crippen molar-refractivity contribution < 1.29 is 14.3 Å². The van der Waals surface area contributed by atoms with Crippen LogP contribution < -0.4 is 0 Å². The summed E-state index contributed by atoms with van der Waals surface area (Å²) in [4.78, 5) is 16.6. The molecule has 2 saturated heterocycles. The molecule has 0 aromatic heterocycles. The van der Waals surface area contributed by atoms with Crippen LogP contribution in [0.15, 0.2) is 0 Å². The Morgan fingerprint density at radius 3 is 2.84 bits per heavy atom. The van der Waals surface area contributed by atoms with Gasteiger partial charge in [-0.1, -0.05) is 6.42 Å². The average molecular weight is 270 g/mol. The molecule has 5 nitrogen and oxygen atoms in total. The third kappa shape index (κ3) is 3.91. The second kappa shape index (κ2) is 7.22. The normalized spacial score (nSPS) is 28.5. The maximum atomic E-state index is 12.2. The van der Waals surface area contributed by atoms with E-state index in [-0.39, 0.29) is 5.92 Å². The van der Waals surface area contributed by atoms with E-state index in [2.05, 4.69) is 4.90 Å². The lowest BCUT2D eigenvalue weighted by molar-refractivity contribution is -0.134. The number of rotatable bonds is 6. The van der Waals surface area contributed by atoms with E-state index >= 15 is 0 Å². The first kappa shape index (κ1) is 14.8. The molecule has 0 N–H and O–H groups in total. The summed E-state index contributed by atoms with van der Waals surface area (Å²) in [6.07, 6.45) is 3.37. The summed E-state index contributed by atoms with van der Waals surface area (Å²) in [6.45, 7) is 4.82. The molecule has 110 valence electrons. The van der Waals surface area contributed by atoms with Gasteiger partial charge in [0, 0.05) is 39.8 Å². The third-order valence-corrected chi connectivity index (χ3v) is 4.27. The summed E-state index contributed by atoms with van der Waals surface area (Å²) >= 11 is 0. The Bertz CT molecular complexity index is 298. The highest BCUT2D eigenvalue weighted by Gasteiger charge is 2.36. The number of likely N-dealkylation sites (tertiary alicyclic amines) is 1. The van der Waals surface area contributed by atoms with Gasteiger partial charge in [-0.25, -0.2) is 0 Å². The van der Waals surface area contributed by atoms with Crippen molar-refractivity contribution in [2.24, 2.45) is 5.92 Å². The van der Waals surface area contributed by atoms with Crippen LogP contribution >= 0.6 is 0 Å². The van der Waals surface area contributed by atoms with Gasteiger partial charge >= 0.3 is 0 Å². The number of carbonyl (C=O) groups is 1. The van der Waals surface area contributed by atoms with Gasteiger partial charge in [-0.2, -0.15) is 0 Å². The van der Waals surface area contributed by atoms with Gasteiger partial charge in [0.05, 0.1) is 25.7 Å². The smallest absolute Gasteiger partial charge is 0.227 e. The number of nitrogens with zero attached hydrogens (tertiary/aromatic N) is 2. The molecule has 0 saturated carbocycles. The molecule has 2 fully saturated rings. The van der Waals surface area contributed by atoms with E-state index in [1.165, 1.54) is 6.42 Å². The molecule has 2 rings (SSSR count). The van der Waals surface area contributed by atoms with Gasteiger partial charge in [0.2, 0.25) is 5.91 Å². The van der Waals surface area contributed by atoms with Gasteiger partial charge in [0.15, 0.2) is 0 Å². The molecule has 2 atom stereocenters. The van der Waals surface area contributed by atoms with E-state index in [4.69, 9.17) is 9.47 Å². The Morgan fingerprint density at radius 2 is 2.05 bits per heavy atom. The van der Waals surface area contributed by atoms with Gasteiger partial charge in [-0.3, -0.25) is 9.69 Å². The fourth-order valence-corrected chi connectivity index (χ4v) is 3.07. The van der Waals surface area contributed by atoms with Crippen LogP contribution in [-0.2, 0) is 14.3 Å². The van der Waals surface area contributed by atoms with Crippen molar-refractivity contribution >= 4 is 5.91 Å². The number of ether oxygens (including phenoxy) is 2. The van der Waals surface area contributed by atoms with Crippen molar-refractivity contribution in [2.45, 2.75) is 25.3 Å². The van der Waals surface area contributed by atoms with E-state index < -0.39 is 0 Å². The second-order valence-corrected chi connectivity index (χ2v) is 5.60. The maximum absolute atomic E-state index is 12.2. The van der Waals surface area contributed by atoms with Crippen molar-refractivity contribution in [3.63, 3.8) is 0 Å². The number of carbonyl (C=O) groups excluding carboxylic acids is 1. The first-order valence-corrected chi connectivity index (χ1v) is 7.28. The Kier molecular flexibility index (Phi) is 5.60. The molecule has 1 amide bonds. The topological polar surface area (TPSA) is 42.0 Å². The van der Waals surface area contributed by atoms with Crippen LogP contribution in [0.5, 0.6) is 0 Å². The molecule has 2 heterocycles. The highest BCUT2D eigenvalue weighted by Crippen LogP contribution is 2.26. The van der Waals surface area contributed by atoms with Gasteiger partial charge in [0.25, 0.3) is 0 Å². The van der Waals surface area contributed by atoms with Crippen LogP contribution in [0.4, 0.5) is 0 Å². The first-order valence-electron chi connectivity index (χ1n) is 7.28. The zero-order valence-corrected chi connectivity index (χ0v) is 12.1. The Morgan fingerprint density at radius 1 is 1.21 bits per heavy atom. The second-order valence-electron chi connectivity index (χ2n) is 5.60. The van der Waals surface area contributed by atoms with Crippen molar-refractivity contribution in [2.75, 3.05) is 53.6 Å². The quantitative estimate of drug-likeness (QED) is 0.663. The highest BCUT2D eigenvalue weighted by molar-refractivity contribution is 5.79. The molecule has 0 radical (unpaired) electrons. The molecule has 0 aliphatic carbocycles. The summed E-state index contributed by atoms with van der Waals surface area (Å²) in [5, 5.41) is 0. The predicted octanol–water partition coefficient (Wildman–Crippen LogP) is 0.592. The van der Waals surface area contributed by atoms with Gasteiger partial charge in [-0.05, 0) is 12.8 Å². The summed E-state index contributed by atoms with van der Waals surface area (Å²) in [7, 11) is 3.64. The molecular formula is C14H26N2O3. The molecule has 0 aromatic rings. The standard InChI is InChI=1S/C14H26N2O3/c1-15-13-5-3-4-12(14(15)17)10-16(11-13)6-7-19-9-8-18-2/h12-13H,3-11H2,1-2H3/t12-,13+/m1/s1. The van der Waals surface area contributed by atoms with Crippen LogP contribution in [0.2, 0.25) is 0 Å². The van der Waals surface area contributed by atoms with Crippen LogP contribution in [0.25, 0.3) is 0 Å². The van der Waals surface area contributed by atoms with Crippen LogP contribution in [-0.4, -0.2) is 75.4 Å². The van der Waals surface area contributed by atoms with Crippen LogP contribution in [0, 0.1) is 5.92 Å². The van der Waals surface area contributed by atoms with Crippen molar-refractivity contribution in [1.29, 1.82) is 0 Å². The molecule has 0 unspecified atom stereocenters. The Hall–Kier alpha value is -0.650. The van der Waals surface area contributed by atoms with Crippen molar-refractivity contribution in [1.82, 2.24) is 9.80 Å². The first-order chi connectivity index (χ1) is 9.22. The zero-order valence-electron chi connectivity index (χ0n) is 12.1. The zero-order chi connectivity index (χ0) is 13.7. The molecule has 2 aliphatic heterocycles. The van der Waals surface area contributed by atoms with Crippen molar-refractivity contribution in [3.8, 4) is 0 Å². The van der Waals surface area contributed by atoms with Gasteiger partial charge < -0.3 is 14.4 Å². The summed E-state index contributed by atoms with van der Waals surface area (Å²) in [6, 6.07) is 0.388. The molecule has 2 bridgehead atoms. The van der Waals surface area contributed by atoms with E-state index in [0.29, 0.717) is 25.2 Å². The Labute approximate surface area is 115 Å². The number of hydrogen-bond donors (Lipinski definition) is 0. The maximum Gasteiger partial charge on any atom is 0.227 e. The summed E-state index contributed by atoms with van der Waals surface area (Å²) in [5.41, 5.74) is 0. The third-order valence-electron chi connectivity index (χ3n) is 4.27. The SMILES string of the molecule is COCCOCCN1C[C@H]2CCC[C@@H](C1)N(C)C2=O. The predicted molar refractivity (Wildman–Crippen MR) is 73.0 cm³/mol. The number of hydrogen-bond acceptors (Lipinski definition) is 4. The monoisotopic (exact) mass is 270 g/mol. The van der Waals surface area contributed by atoms with E-state index in [9.17, 15) is 4.79 Å². The summed E-state index contributed by atoms with van der Waals surface area (Å²) in [5.74, 6) is 0.529. The van der Waals surface area contributed by atoms with Crippen LogP contribution in [0.3, 0.4) is 0 Å². The van der Waals surface area contributed by atoms with Crippen LogP contribution in [0.1, 0.15) is 19.3 Å². The number of fused-ring (bicyclic) bond motifs is 3. The fraction of sp³-hybridized carbons (Fsp3) is 0.929. The minimum absolute atomic E-state index is 0.191. The highest BCUT2D eigenvalue weighted by atomic mass is 16.5. The van der Waals surface area contributed by atoms with Crippen molar-refractivity contribution in [3.05, 3.63) is 0 Å². The Balaban J connectivity index is 1.81. The molecule has 0 aromatic carbocycles. The summed E-state index contributed by atoms with van der Waals surface area (Å²) < 4.78 is 10.5. The molecule has 5 heteroatoms. The number of methoxy groups -OCH3 is 1. The minimum atomic E-state index is 0.191. The fourth-order valence-electron chi connectivity index (χ4n) is 3.07. The molecular weight excluding hydrogens is 244 g/mol. The largest absolute Gasteiger partial charge is 0.382 e. The number of amides is 1. The lowest BCUT2D eigenvalue weighted by Crippen LogP contribution is -2.41. The van der Waals surface area contributed by atoms with E-state index in [1.54, 1.807) is 7.11 Å². The van der Waals surface area contributed by atoms with E-state index in [0.717, 1.165) is 39.1 Å². The lowest BCUT2D eigenvalue weighted by Gasteiger charge is -2.29. The van der Waals surface area contributed by atoms with E-state index in [1.807, 2.05) is 11.9 Å². The van der Waals surface area contributed by atoms with Gasteiger partial charge in [-0.15, -0.1) is 0 Å². The van der Waals surface area contributed by atoms with Gasteiger partial charge in [0.1, 0.15) is 0 Å². The average Bonchev–Trinajstić information content (AvgIpc) is 2.56. The molecule has 2 aliphatic rings.